The van der Waals surface area contributed by atoms with Crippen molar-refractivity contribution in [2.75, 3.05) is 11.9 Å². The molecular weight excluding hydrogens is 450 g/mol. The Hall–Kier alpha value is -3.95. The van der Waals surface area contributed by atoms with Crippen molar-refractivity contribution in [2.24, 2.45) is 5.92 Å². The van der Waals surface area contributed by atoms with Crippen LogP contribution < -0.4 is 10.6 Å². The van der Waals surface area contributed by atoms with Gasteiger partial charge >= 0.3 is 12.1 Å². The number of carbonyl (C=O) groups is 3. The Labute approximate surface area is 205 Å². The maximum absolute atomic E-state index is 12.5. The van der Waals surface area contributed by atoms with Gasteiger partial charge in [0.1, 0.15) is 11.4 Å². The highest BCUT2D eigenvalue weighted by Gasteiger charge is 2.23. The number of aromatic nitrogens is 3. The van der Waals surface area contributed by atoms with E-state index in [1.54, 1.807) is 59.0 Å². The summed E-state index contributed by atoms with van der Waals surface area (Å²) in [6.07, 6.45) is 4.51. The average molecular weight is 484 g/mol. The summed E-state index contributed by atoms with van der Waals surface area (Å²) >= 11 is 0. The fraction of sp³-hybridized carbons (Fsp3) is 0.400. The summed E-state index contributed by atoms with van der Waals surface area (Å²) in [5, 5.41) is 9.90. The quantitative estimate of drug-likeness (QED) is 0.380. The van der Waals surface area contributed by atoms with E-state index >= 15 is 0 Å². The summed E-state index contributed by atoms with van der Waals surface area (Å²) in [4.78, 5) is 41.5. The van der Waals surface area contributed by atoms with E-state index in [2.05, 4.69) is 33.9 Å². The van der Waals surface area contributed by atoms with Gasteiger partial charge in [-0.1, -0.05) is 19.1 Å². The molecule has 0 aromatic carbocycles. The smallest absolute Gasteiger partial charge is 0.408 e. The van der Waals surface area contributed by atoms with Crippen molar-refractivity contribution in [3.63, 3.8) is 0 Å². The number of rotatable bonds is 10. The summed E-state index contributed by atoms with van der Waals surface area (Å²) in [7, 11) is 0. The number of nitrogens with one attached hydrogen (secondary N) is 2. The number of hydrogen-bond acceptors (Lipinski definition) is 7. The first-order valence-electron chi connectivity index (χ1n) is 11.3. The topological polar surface area (TPSA) is 124 Å². The van der Waals surface area contributed by atoms with Crippen LogP contribution in [-0.4, -0.2) is 44.9 Å². The predicted molar refractivity (Wildman–Crippen MR) is 132 cm³/mol. The lowest BCUT2D eigenvalue weighted by Crippen LogP contribution is -2.35. The molecule has 0 saturated carbocycles. The summed E-state index contributed by atoms with van der Waals surface area (Å²) < 4.78 is 11.8. The molecule has 2 aromatic heterocycles. The molecular formula is C25H33N5O5. The third kappa shape index (κ3) is 7.80. The van der Waals surface area contributed by atoms with Crippen molar-refractivity contribution in [3.8, 4) is 5.69 Å². The SMILES string of the molecule is C=CC[C@H](NC(=O)OC(C)(C)C)c1cc(-n2nc(C(=O)OCC)cc2NC(=O)C(C)C=C)ccn1. The molecule has 10 nitrogen and oxygen atoms in total. The van der Waals surface area contributed by atoms with E-state index in [1.165, 1.54) is 16.8 Å². The van der Waals surface area contributed by atoms with Crippen LogP contribution in [0.2, 0.25) is 0 Å². The van der Waals surface area contributed by atoms with Crippen LogP contribution in [0.5, 0.6) is 0 Å². The van der Waals surface area contributed by atoms with E-state index in [0.717, 1.165) is 0 Å². The van der Waals surface area contributed by atoms with Gasteiger partial charge in [-0.25, -0.2) is 14.3 Å². The minimum absolute atomic E-state index is 0.0290. The number of alkyl carbamates (subject to hydrolysis) is 1. The molecule has 2 atom stereocenters. The molecule has 1 unspecified atom stereocenters. The number of anilines is 1. The van der Waals surface area contributed by atoms with Crippen LogP contribution >= 0.6 is 0 Å². The lowest BCUT2D eigenvalue weighted by molar-refractivity contribution is -0.118. The number of nitrogens with zero attached hydrogens (tertiary/aromatic N) is 3. The van der Waals surface area contributed by atoms with Gasteiger partial charge < -0.3 is 20.1 Å². The van der Waals surface area contributed by atoms with Crippen LogP contribution in [0.1, 0.15) is 63.3 Å². The Morgan fingerprint density at radius 3 is 2.54 bits per heavy atom. The predicted octanol–water partition coefficient (Wildman–Crippen LogP) is 4.35. The molecule has 0 radical (unpaired) electrons. The molecule has 0 spiro atoms. The second-order valence-electron chi connectivity index (χ2n) is 8.72. The Balaban J connectivity index is 2.46. The second kappa shape index (κ2) is 12.0. The summed E-state index contributed by atoms with van der Waals surface area (Å²) in [5.74, 6) is -1.14. The van der Waals surface area contributed by atoms with Crippen LogP contribution in [0.15, 0.2) is 49.7 Å². The molecule has 0 aliphatic rings. The van der Waals surface area contributed by atoms with E-state index in [9.17, 15) is 14.4 Å². The van der Waals surface area contributed by atoms with Crippen molar-refractivity contribution in [1.29, 1.82) is 0 Å². The van der Waals surface area contributed by atoms with Gasteiger partial charge in [-0.15, -0.1) is 13.2 Å². The minimum Gasteiger partial charge on any atom is -0.461 e. The normalized spacial score (nSPS) is 12.7. The van der Waals surface area contributed by atoms with Gasteiger partial charge in [-0.05, 0) is 46.2 Å². The minimum atomic E-state index is -0.660. The van der Waals surface area contributed by atoms with Crippen LogP contribution in [0, 0.1) is 5.92 Å². The van der Waals surface area contributed by atoms with Gasteiger partial charge in [0, 0.05) is 12.3 Å². The summed E-state index contributed by atoms with van der Waals surface area (Å²) in [5.41, 5.74) is 0.387. The van der Waals surface area contributed by atoms with Gasteiger partial charge in [0.2, 0.25) is 5.91 Å². The molecule has 35 heavy (non-hydrogen) atoms. The highest BCUT2D eigenvalue weighted by atomic mass is 16.6. The van der Waals surface area contributed by atoms with E-state index < -0.39 is 29.6 Å². The Morgan fingerprint density at radius 1 is 1.23 bits per heavy atom. The fourth-order valence-corrected chi connectivity index (χ4v) is 2.95. The van der Waals surface area contributed by atoms with Gasteiger partial charge in [0.15, 0.2) is 5.69 Å². The zero-order valence-corrected chi connectivity index (χ0v) is 20.8. The highest BCUT2D eigenvalue weighted by molar-refractivity contribution is 5.95. The Morgan fingerprint density at radius 2 is 1.94 bits per heavy atom. The van der Waals surface area contributed by atoms with Crippen molar-refractivity contribution < 1.29 is 23.9 Å². The zero-order valence-electron chi connectivity index (χ0n) is 20.8. The molecule has 2 heterocycles. The molecule has 2 N–H and O–H groups in total. The van der Waals surface area contributed by atoms with E-state index in [4.69, 9.17) is 9.47 Å². The molecule has 0 saturated heterocycles. The third-order valence-corrected chi connectivity index (χ3v) is 4.67. The second-order valence-corrected chi connectivity index (χ2v) is 8.72. The number of ether oxygens (including phenoxy) is 2. The Bertz CT molecular complexity index is 1090. The monoisotopic (exact) mass is 483 g/mol. The van der Waals surface area contributed by atoms with Gasteiger partial charge in [0.25, 0.3) is 0 Å². The van der Waals surface area contributed by atoms with E-state index in [0.29, 0.717) is 17.8 Å². The van der Waals surface area contributed by atoms with E-state index in [1.807, 2.05) is 0 Å². The molecule has 188 valence electrons. The third-order valence-electron chi connectivity index (χ3n) is 4.67. The van der Waals surface area contributed by atoms with Crippen LogP contribution in [0.3, 0.4) is 0 Å². The van der Waals surface area contributed by atoms with Crippen LogP contribution in [-0.2, 0) is 14.3 Å². The first-order valence-corrected chi connectivity index (χ1v) is 11.3. The molecule has 2 amide bonds. The van der Waals surface area contributed by atoms with Crippen LogP contribution in [0.25, 0.3) is 5.69 Å². The first kappa shape index (κ1) is 27.3. The molecule has 0 fully saturated rings. The van der Waals surface area contributed by atoms with Crippen molar-refractivity contribution >= 4 is 23.8 Å². The maximum Gasteiger partial charge on any atom is 0.408 e. The van der Waals surface area contributed by atoms with Crippen molar-refractivity contribution in [3.05, 3.63) is 61.1 Å². The fourth-order valence-electron chi connectivity index (χ4n) is 2.95. The Kier molecular flexibility index (Phi) is 9.33. The maximum atomic E-state index is 12.5. The van der Waals surface area contributed by atoms with Gasteiger partial charge in [-0.3, -0.25) is 9.78 Å². The highest BCUT2D eigenvalue weighted by Crippen LogP contribution is 2.23. The molecule has 2 aromatic rings. The van der Waals surface area contributed by atoms with Crippen molar-refractivity contribution in [2.45, 2.75) is 52.7 Å². The number of amides is 2. The number of hydrogen-bond donors (Lipinski definition) is 2. The number of esters is 1. The largest absolute Gasteiger partial charge is 0.461 e. The molecule has 10 heteroatoms. The van der Waals surface area contributed by atoms with Crippen molar-refractivity contribution in [1.82, 2.24) is 20.1 Å². The molecule has 0 aliphatic carbocycles. The average Bonchev–Trinajstić information content (AvgIpc) is 3.21. The molecule has 0 bridgehead atoms. The lowest BCUT2D eigenvalue weighted by atomic mass is 10.1. The van der Waals surface area contributed by atoms with Gasteiger partial charge in [0.05, 0.1) is 29.9 Å². The van der Waals surface area contributed by atoms with Crippen LogP contribution in [0.4, 0.5) is 10.6 Å². The first-order chi connectivity index (χ1) is 16.5. The number of pyridine rings is 1. The standard InChI is InChI=1S/C25H33N5O5/c1-8-11-18(27-24(33)35-25(5,6)7)19-14-17(12-13-26-19)30-21(28-22(31)16(4)9-2)15-20(29-30)23(32)34-10-3/h8-9,12-16,18H,1-2,10-11H2,3-7H3,(H,27,33)(H,28,31)/t16?,18-/m0/s1. The number of carbonyl (C=O) groups excluding carboxylic acids is 3. The lowest BCUT2D eigenvalue weighted by Gasteiger charge is -2.23. The molecule has 2 rings (SSSR count). The summed E-state index contributed by atoms with van der Waals surface area (Å²) in [6, 6.07) is 4.27. The zero-order chi connectivity index (χ0) is 26.2. The van der Waals surface area contributed by atoms with Gasteiger partial charge in [-0.2, -0.15) is 5.10 Å². The molecule has 0 aliphatic heterocycles. The van der Waals surface area contributed by atoms with E-state index in [-0.39, 0.29) is 24.0 Å². The summed E-state index contributed by atoms with van der Waals surface area (Å²) in [6.45, 7) is 16.3.